The van der Waals surface area contributed by atoms with E-state index in [9.17, 15) is 19.0 Å². The van der Waals surface area contributed by atoms with Crippen LogP contribution >= 0.6 is 8.03 Å². The average molecular weight is 391 g/mol. The molecule has 0 aliphatic carbocycles. The van der Waals surface area contributed by atoms with Gasteiger partial charge < -0.3 is 14.2 Å². The molecule has 1 N–H and O–H groups in total. The summed E-state index contributed by atoms with van der Waals surface area (Å²) >= 11 is 0. The summed E-state index contributed by atoms with van der Waals surface area (Å²) in [7, 11) is -2.39. The van der Waals surface area contributed by atoms with Crippen LogP contribution < -0.4 is 0 Å². The zero-order valence-corrected chi connectivity index (χ0v) is 17.4. The molecule has 0 amide bonds. The fourth-order valence-corrected chi connectivity index (χ4v) is 2.28. The number of unbranched alkanes of at least 4 members (excludes halogenated alkanes) is 2. The Bertz CT molecular complexity index is 512. The molecule has 7 nitrogen and oxygen atoms in total. The molecule has 0 saturated carbocycles. The van der Waals surface area contributed by atoms with Crippen LogP contribution in [0.15, 0.2) is 11.1 Å². The molecule has 0 fully saturated rings. The number of carbonyl (C=O) groups is 2. The second-order valence-electron chi connectivity index (χ2n) is 6.44. The highest BCUT2D eigenvalue weighted by Gasteiger charge is 2.43. The number of esters is 2. The van der Waals surface area contributed by atoms with Gasteiger partial charge >= 0.3 is 20.0 Å². The van der Waals surface area contributed by atoms with Crippen molar-refractivity contribution in [3.8, 4) is 0 Å². The van der Waals surface area contributed by atoms with E-state index in [1.165, 1.54) is 0 Å². The number of hydrogen-bond acceptors (Lipinski definition) is 6. The lowest BCUT2D eigenvalue weighted by Crippen LogP contribution is -2.23. The van der Waals surface area contributed by atoms with Crippen LogP contribution in [0.5, 0.6) is 0 Å². The molecular weight excluding hydrogens is 359 g/mol. The smallest absolute Gasteiger partial charge is 0.462 e. The van der Waals surface area contributed by atoms with Gasteiger partial charge in [0.15, 0.2) is 0 Å². The first kappa shape index (κ1) is 24.7. The van der Waals surface area contributed by atoms with Gasteiger partial charge in [-0.15, -0.1) is 0 Å². The molecule has 0 bridgehead atoms. The van der Waals surface area contributed by atoms with Gasteiger partial charge in [0.2, 0.25) is 0 Å². The third kappa shape index (κ3) is 10.00. The van der Waals surface area contributed by atoms with Gasteiger partial charge in [0, 0.05) is 25.3 Å². The maximum absolute atomic E-state index is 11.6. The number of rotatable bonds is 13. The quantitative estimate of drug-likeness (QED) is 0.220. The van der Waals surface area contributed by atoms with Gasteiger partial charge in [0.05, 0.1) is 6.61 Å². The van der Waals surface area contributed by atoms with E-state index in [0.717, 1.165) is 12.0 Å². The molecule has 0 rings (SSSR count). The Morgan fingerprint density at radius 2 is 1.62 bits per heavy atom. The van der Waals surface area contributed by atoms with Crippen LogP contribution in [0.25, 0.3) is 0 Å². The molecule has 0 radical (unpaired) electrons. The van der Waals surface area contributed by atoms with Gasteiger partial charge in [-0.3, -0.25) is 4.79 Å². The molecular formula is C18H32O7P+. The normalized spacial score (nSPS) is 13.5. The number of ether oxygens (including phenoxy) is 3. The Hall–Kier alpha value is -1.30. The summed E-state index contributed by atoms with van der Waals surface area (Å²) in [5.41, 5.74) is 1.45. The number of carbonyl (C=O) groups excluding carboxylic acids is 2. The highest BCUT2D eigenvalue weighted by Crippen LogP contribution is 2.38. The molecule has 0 saturated heterocycles. The molecule has 0 aliphatic heterocycles. The van der Waals surface area contributed by atoms with Crippen molar-refractivity contribution in [1.82, 2.24) is 0 Å². The Labute approximate surface area is 157 Å². The van der Waals surface area contributed by atoms with E-state index in [-0.39, 0.29) is 25.6 Å². The zero-order chi connectivity index (χ0) is 20.2. The first-order valence-electron chi connectivity index (χ1n) is 8.91. The van der Waals surface area contributed by atoms with Crippen LogP contribution in [-0.4, -0.2) is 42.0 Å². The lowest BCUT2D eigenvalue weighted by molar-refractivity contribution is -0.150. The van der Waals surface area contributed by atoms with E-state index < -0.39 is 19.3 Å². The summed E-state index contributed by atoms with van der Waals surface area (Å²) in [5, 5.41) is -1.00. The van der Waals surface area contributed by atoms with Gasteiger partial charge in [0.1, 0.15) is 13.2 Å². The van der Waals surface area contributed by atoms with Crippen LogP contribution in [0.3, 0.4) is 0 Å². The fourth-order valence-electron chi connectivity index (χ4n) is 1.81. The predicted octanol–water partition coefficient (Wildman–Crippen LogP) is 3.87. The first-order valence-corrected chi connectivity index (χ1v) is 10.1. The minimum Gasteiger partial charge on any atom is -0.462 e. The summed E-state index contributed by atoms with van der Waals surface area (Å²) < 4.78 is 26.7. The van der Waals surface area contributed by atoms with E-state index in [1.54, 1.807) is 20.8 Å². The Balaban J connectivity index is 3.75. The molecule has 0 aromatic rings. The molecule has 0 aromatic heterocycles. The fraction of sp³-hybridized carbons (Fsp3) is 0.778. The SMILES string of the molecule is CCC(C)(OCCCCCC(=O)OCCOC(=O)C(C)=C(C)C)[P+](=O)O. The molecule has 0 spiro atoms. The molecule has 0 aliphatic rings. The molecule has 26 heavy (non-hydrogen) atoms. The molecule has 8 heteroatoms. The standard InChI is InChI=1S/C18H31O7P/c1-6-18(5,26(21)22)25-11-9-7-8-10-16(19)23-12-13-24-17(20)15(4)14(2)3/h6-13H2,1-5H3/p+1. The Morgan fingerprint density at radius 1 is 1.00 bits per heavy atom. The van der Waals surface area contributed by atoms with Crippen molar-refractivity contribution in [2.45, 2.75) is 72.1 Å². The van der Waals surface area contributed by atoms with E-state index in [1.807, 2.05) is 13.8 Å². The van der Waals surface area contributed by atoms with Crippen molar-refractivity contribution in [1.29, 1.82) is 0 Å². The van der Waals surface area contributed by atoms with E-state index in [0.29, 0.717) is 31.4 Å². The summed E-state index contributed by atoms with van der Waals surface area (Å²) in [6, 6.07) is 0. The third-order valence-electron chi connectivity index (χ3n) is 4.13. The average Bonchev–Trinajstić information content (AvgIpc) is 2.60. The van der Waals surface area contributed by atoms with Gasteiger partial charge in [-0.1, -0.05) is 18.9 Å². The van der Waals surface area contributed by atoms with Crippen LogP contribution in [0.4, 0.5) is 0 Å². The summed E-state index contributed by atoms with van der Waals surface area (Å²) in [5.74, 6) is -0.734. The molecule has 2 atom stereocenters. The maximum Gasteiger partial charge on any atom is 0.540 e. The largest absolute Gasteiger partial charge is 0.540 e. The van der Waals surface area contributed by atoms with Crippen LogP contribution in [0.2, 0.25) is 0 Å². The van der Waals surface area contributed by atoms with Gasteiger partial charge in [-0.25, -0.2) is 4.79 Å². The second kappa shape index (κ2) is 13.0. The van der Waals surface area contributed by atoms with E-state index >= 15 is 0 Å². The van der Waals surface area contributed by atoms with Crippen LogP contribution in [-0.2, 0) is 28.4 Å². The maximum atomic E-state index is 11.6. The Morgan fingerprint density at radius 3 is 2.15 bits per heavy atom. The van der Waals surface area contributed by atoms with Crippen LogP contribution in [0, 0.1) is 0 Å². The minimum atomic E-state index is -2.39. The lowest BCUT2D eigenvalue weighted by atomic mass is 10.2. The van der Waals surface area contributed by atoms with Gasteiger partial charge in [-0.2, -0.15) is 4.89 Å². The topological polar surface area (TPSA) is 99.1 Å². The first-order chi connectivity index (χ1) is 12.1. The monoisotopic (exact) mass is 391 g/mol. The van der Waals surface area contributed by atoms with Crippen molar-refractivity contribution in [3.63, 3.8) is 0 Å². The van der Waals surface area contributed by atoms with Crippen molar-refractivity contribution in [2.75, 3.05) is 19.8 Å². The summed E-state index contributed by atoms with van der Waals surface area (Å²) in [6.45, 7) is 9.23. The Kier molecular flexibility index (Phi) is 12.3. The number of hydrogen-bond donors (Lipinski definition) is 1. The lowest BCUT2D eigenvalue weighted by Gasteiger charge is -2.15. The van der Waals surface area contributed by atoms with Crippen LogP contribution in [0.1, 0.15) is 66.7 Å². The van der Waals surface area contributed by atoms with Crippen molar-refractivity contribution < 1.29 is 33.3 Å². The van der Waals surface area contributed by atoms with Crippen molar-refractivity contribution in [2.24, 2.45) is 0 Å². The third-order valence-corrected chi connectivity index (χ3v) is 5.39. The summed E-state index contributed by atoms with van der Waals surface area (Å²) in [6.07, 6.45) is 2.84. The van der Waals surface area contributed by atoms with E-state index in [2.05, 4.69) is 0 Å². The van der Waals surface area contributed by atoms with Gasteiger partial charge in [0.25, 0.3) is 5.34 Å². The zero-order valence-electron chi connectivity index (χ0n) is 16.5. The number of allylic oxidation sites excluding steroid dienone is 1. The van der Waals surface area contributed by atoms with Crippen molar-refractivity contribution in [3.05, 3.63) is 11.1 Å². The molecule has 2 unspecified atom stereocenters. The molecule has 0 heterocycles. The highest BCUT2D eigenvalue weighted by atomic mass is 31.1. The second-order valence-corrected chi connectivity index (χ2v) is 7.93. The highest BCUT2D eigenvalue weighted by molar-refractivity contribution is 7.39. The molecule has 150 valence electrons. The van der Waals surface area contributed by atoms with Gasteiger partial charge in [-0.05, 0) is 38.2 Å². The minimum absolute atomic E-state index is 0.0397. The summed E-state index contributed by atoms with van der Waals surface area (Å²) in [4.78, 5) is 32.4. The van der Waals surface area contributed by atoms with E-state index in [4.69, 9.17) is 14.2 Å². The van der Waals surface area contributed by atoms with Crippen molar-refractivity contribution >= 4 is 20.0 Å². The molecule has 0 aromatic carbocycles. The predicted molar refractivity (Wildman–Crippen MR) is 98.9 cm³/mol.